The standard InChI is InChI=1S/C19H18F2N2O3/c1-12-2-5-14(6-3-12)23-10-15(26-11-18(23)24)9-22-19(25)13-4-7-16(20)17(21)8-13/h2-8,15H,9-11H2,1H3,(H,22,25). The number of carbonyl (C=O) groups excluding carboxylic acids is 2. The Labute approximate surface area is 149 Å². The number of ether oxygens (including phenoxy) is 1. The zero-order valence-corrected chi connectivity index (χ0v) is 14.2. The molecule has 5 nitrogen and oxygen atoms in total. The van der Waals surface area contributed by atoms with Crippen LogP contribution >= 0.6 is 0 Å². The third-order valence-corrected chi connectivity index (χ3v) is 4.15. The number of aryl methyl sites for hydroxylation is 1. The summed E-state index contributed by atoms with van der Waals surface area (Å²) >= 11 is 0. The van der Waals surface area contributed by atoms with E-state index in [1.54, 1.807) is 4.90 Å². The van der Waals surface area contributed by atoms with Gasteiger partial charge in [0.2, 0.25) is 0 Å². The van der Waals surface area contributed by atoms with E-state index in [2.05, 4.69) is 5.32 Å². The molecule has 1 saturated heterocycles. The van der Waals surface area contributed by atoms with Crippen LogP contribution in [0.3, 0.4) is 0 Å². The summed E-state index contributed by atoms with van der Waals surface area (Å²) in [6.45, 7) is 2.31. The van der Waals surface area contributed by atoms with Gasteiger partial charge in [-0.3, -0.25) is 9.59 Å². The first-order chi connectivity index (χ1) is 12.4. The molecule has 3 rings (SSSR count). The molecule has 2 aromatic rings. The largest absolute Gasteiger partial charge is 0.365 e. The van der Waals surface area contributed by atoms with Crippen LogP contribution in [0.15, 0.2) is 42.5 Å². The van der Waals surface area contributed by atoms with Crippen LogP contribution in [0.1, 0.15) is 15.9 Å². The van der Waals surface area contributed by atoms with Crippen LogP contribution in [0.4, 0.5) is 14.5 Å². The molecule has 0 saturated carbocycles. The predicted octanol–water partition coefficient (Wildman–Crippen LogP) is 2.44. The van der Waals surface area contributed by atoms with E-state index < -0.39 is 23.6 Å². The van der Waals surface area contributed by atoms with Crippen LogP contribution in [0.25, 0.3) is 0 Å². The molecule has 0 bridgehead atoms. The average molecular weight is 360 g/mol. The highest BCUT2D eigenvalue weighted by molar-refractivity contribution is 5.95. The third-order valence-electron chi connectivity index (χ3n) is 4.15. The zero-order valence-electron chi connectivity index (χ0n) is 14.2. The van der Waals surface area contributed by atoms with Crippen molar-refractivity contribution in [3.8, 4) is 0 Å². The van der Waals surface area contributed by atoms with Gasteiger partial charge in [-0.2, -0.15) is 0 Å². The molecule has 0 radical (unpaired) electrons. The molecule has 1 fully saturated rings. The third kappa shape index (κ3) is 4.05. The van der Waals surface area contributed by atoms with Gasteiger partial charge in [0, 0.05) is 17.8 Å². The second-order valence-electron chi connectivity index (χ2n) is 6.11. The normalized spacial score (nSPS) is 17.3. The molecule has 1 heterocycles. The maximum atomic E-state index is 13.2. The van der Waals surface area contributed by atoms with Gasteiger partial charge in [0.15, 0.2) is 11.6 Å². The summed E-state index contributed by atoms with van der Waals surface area (Å²) < 4.78 is 31.6. The highest BCUT2D eigenvalue weighted by atomic mass is 19.2. The minimum atomic E-state index is -1.08. The molecule has 26 heavy (non-hydrogen) atoms. The second-order valence-corrected chi connectivity index (χ2v) is 6.11. The van der Waals surface area contributed by atoms with Gasteiger partial charge in [0.1, 0.15) is 6.61 Å². The first-order valence-corrected chi connectivity index (χ1v) is 8.16. The maximum Gasteiger partial charge on any atom is 0.253 e. The molecule has 1 unspecified atom stereocenters. The van der Waals surface area contributed by atoms with Crippen LogP contribution < -0.4 is 10.2 Å². The minimum Gasteiger partial charge on any atom is -0.365 e. The number of hydrogen-bond donors (Lipinski definition) is 1. The topological polar surface area (TPSA) is 58.6 Å². The maximum absolute atomic E-state index is 13.2. The number of anilines is 1. The van der Waals surface area contributed by atoms with E-state index in [0.717, 1.165) is 23.4 Å². The summed E-state index contributed by atoms with van der Waals surface area (Å²) in [5, 5.41) is 2.62. The van der Waals surface area contributed by atoms with Crippen LogP contribution in [0, 0.1) is 18.6 Å². The van der Waals surface area contributed by atoms with Crippen molar-refractivity contribution in [2.45, 2.75) is 13.0 Å². The van der Waals surface area contributed by atoms with Gasteiger partial charge in [0.25, 0.3) is 11.8 Å². The highest BCUT2D eigenvalue weighted by Crippen LogP contribution is 2.19. The van der Waals surface area contributed by atoms with Gasteiger partial charge < -0.3 is 15.0 Å². The SMILES string of the molecule is Cc1ccc(N2CC(CNC(=O)c3ccc(F)c(F)c3)OCC2=O)cc1. The quantitative estimate of drug-likeness (QED) is 0.911. The first-order valence-electron chi connectivity index (χ1n) is 8.16. The van der Waals surface area contributed by atoms with Gasteiger partial charge in [0.05, 0.1) is 12.6 Å². The van der Waals surface area contributed by atoms with Crippen molar-refractivity contribution in [1.29, 1.82) is 0 Å². The number of morpholine rings is 1. The number of nitrogens with zero attached hydrogens (tertiary/aromatic N) is 1. The van der Waals surface area contributed by atoms with Crippen LogP contribution in [0.2, 0.25) is 0 Å². The molecule has 1 N–H and O–H groups in total. The van der Waals surface area contributed by atoms with Gasteiger partial charge in [-0.1, -0.05) is 17.7 Å². The summed E-state index contributed by atoms with van der Waals surface area (Å²) in [6.07, 6.45) is -0.400. The molecule has 1 aliphatic heterocycles. The number of benzene rings is 2. The number of nitrogens with one attached hydrogen (secondary N) is 1. The molecule has 7 heteroatoms. The molecule has 2 amide bonds. The smallest absolute Gasteiger partial charge is 0.253 e. The monoisotopic (exact) mass is 360 g/mol. The van der Waals surface area contributed by atoms with Crippen molar-refractivity contribution in [2.24, 2.45) is 0 Å². The van der Waals surface area contributed by atoms with E-state index in [4.69, 9.17) is 4.74 Å². The number of hydrogen-bond acceptors (Lipinski definition) is 3. The molecule has 136 valence electrons. The predicted molar refractivity (Wildman–Crippen MR) is 92.0 cm³/mol. The fourth-order valence-electron chi connectivity index (χ4n) is 2.67. The number of rotatable bonds is 4. The molecule has 2 aromatic carbocycles. The number of halogens is 2. The summed E-state index contributed by atoms with van der Waals surface area (Å²) in [6, 6.07) is 10.5. The van der Waals surface area contributed by atoms with Crippen molar-refractivity contribution in [3.63, 3.8) is 0 Å². The lowest BCUT2D eigenvalue weighted by Gasteiger charge is -2.33. The van der Waals surface area contributed by atoms with Crippen LogP contribution in [0.5, 0.6) is 0 Å². The van der Waals surface area contributed by atoms with Crippen molar-refractivity contribution in [3.05, 3.63) is 65.2 Å². The molecular formula is C19H18F2N2O3. The lowest BCUT2D eigenvalue weighted by molar-refractivity contribution is -0.129. The average Bonchev–Trinajstić information content (AvgIpc) is 2.64. The van der Waals surface area contributed by atoms with Crippen molar-refractivity contribution < 1.29 is 23.1 Å². The Morgan fingerprint density at radius 1 is 1.19 bits per heavy atom. The molecular weight excluding hydrogens is 342 g/mol. The van der Waals surface area contributed by atoms with Gasteiger partial charge in [-0.15, -0.1) is 0 Å². The van der Waals surface area contributed by atoms with Crippen LogP contribution in [-0.2, 0) is 9.53 Å². The van der Waals surface area contributed by atoms with Gasteiger partial charge >= 0.3 is 0 Å². The van der Waals surface area contributed by atoms with Crippen molar-refractivity contribution in [1.82, 2.24) is 5.32 Å². The number of carbonyl (C=O) groups is 2. The fraction of sp³-hybridized carbons (Fsp3) is 0.263. The first kappa shape index (κ1) is 18.0. The van der Waals surface area contributed by atoms with E-state index in [9.17, 15) is 18.4 Å². The minimum absolute atomic E-state index is 0.0196. The van der Waals surface area contributed by atoms with Crippen molar-refractivity contribution >= 4 is 17.5 Å². The van der Waals surface area contributed by atoms with Gasteiger partial charge in [-0.25, -0.2) is 8.78 Å². The molecule has 1 aliphatic rings. The Kier molecular flexibility index (Phi) is 5.27. The van der Waals surface area contributed by atoms with Crippen LogP contribution in [-0.4, -0.2) is 37.6 Å². The molecule has 1 atom stereocenters. The van der Waals surface area contributed by atoms with E-state index in [0.29, 0.717) is 6.54 Å². The van der Waals surface area contributed by atoms with E-state index in [1.807, 2.05) is 31.2 Å². The Bertz CT molecular complexity index is 824. The van der Waals surface area contributed by atoms with Gasteiger partial charge in [-0.05, 0) is 37.3 Å². The van der Waals surface area contributed by atoms with E-state index >= 15 is 0 Å². The van der Waals surface area contributed by atoms with E-state index in [1.165, 1.54) is 6.07 Å². The summed E-state index contributed by atoms with van der Waals surface area (Å²) in [4.78, 5) is 25.8. The van der Waals surface area contributed by atoms with Crippen molar-refractivity contribution in [2.75, 3.05) is 24.6 Å². The summed E-state index contributed by atoms with van der Waals surface area (Å²) in [7, 11) is 0. The number of amides is 2. The highest BCUT2D eigenvalue weighted by Gasteiger charge is 2.27. The Morgan fingerprint density at radius 3 is 2.62 bits per heavy atom. The zero-order chi connectivity index (χ0) is 18.7. The summed E-state index contributed by atoms with van der Waals surface area (Å²) in [5.74, 6) is -2.78. The molecule has 0 aliphatic carbocycles. The molecule has 0 aromatic heterocycles. The Balaban J connectivity index is 1.61. The lowest BCUT2D eigenvalue weighted by atomic mass is 10.1. The molecule has 0 spiro atoms. The van der Waals surface area contributed by atoms with E-state index in [-0.39, 0.29) is 24.6 Å². The summed E-state index contributed by atoms with van der Waals surface area (Å²) in [5.41, 5.74) is 1.87. The lowest BCUT2D eigenvalue weighted by Crippen LogP contribution is -2.50. The Morgan fingerprint density at radius 2 is 1.92 bits per heavy atom. The Hall–Kier alpha value is -2.80. The second kappa shape index (κ2) is 7.61. The fourth-order valence-corrected chi connectivity index (χ4v) is 2.67.